The Bertz CT molecular complexity index is 467. The molecule has 1 aliphatic rings. The van der Waals surface area contributed by atoms with Crippen molar-refractivity contribution in [2.75, 3.05) is 6.54 Å². The molecule has 1 atom stereocenters. The molecule has 1 fully saturated rings. The number of aromatic nitrogens is 2. The Kier molecular flexibility index (Phi) is 2.87. The number of carboxylic acids is 1. The zero-order chi connectivity index (χ0) is 12.6. The van der Waals surface area contributed by atoms with E-state index in [1.807, 2.05) is 0 Å². The van der Waals surface area contributed by atoms with Crippen LogP contribution in [0.3, 0.4) is 0 Å². The average molecular weight is 237 g/mol. The Morgan fingerprint density at radius 1 is 1.53 bits per heavy atom. The standard InChI is InChI=1S/C11H15N3O3/c1-7-8(6-13(2)12-7)10(15)14-5-3-4-9(14)11(16)17/h6,9H,3-5H2,1-2H3,(H,16,17)/t9-/m1/s1. The SMILES string of the molecule is Cc1nn(C)cc1C(=O)N1CCC[C@@H]1C(=O)O. The monoisotopic (exact) mass is 237 g/mol. The molecule has 92 valence electrons. The molecule has 2 heterocycles. The maximum atomic E-state index is 12.2. The van der Waals surface area contributed by atoms with Crippen LogP contribution in [-0.4, -0.2) is 44.3 Å². The molecule has 1 aliphatic heterocycles. The summed E-state index contributed by atoms with van der Waals surface area (Å²) in [6.07, 6.45) is 2.90. The number of carboxylic acid groups (broad SMARTS) is 1. The summed E-state index contributed by atoms with van der Waals surface area (Å²) in [6, 6.07) is -0.692. The highest BCUT2D eigenvalue weighted by Crippen LogP contribution is 2.21. The molecule has 17 heavy (non-hydrogen) atoms. The number of carbonyl (C=O) groups excluding carboxylic acids is 1. The molecule has 6 nitrogen and oxygen atoms in total. The number of amides is 1. The molecule has 1 N–H and O–H groups in total. The van der Waals surface area contributed by atoms with E-state index in [9.17, 15) is 9.59 Å². The number of nitrogens with zero attached hydrogens (tertiary/aromatic N) is 3. The average Bonchev–Trinajstić information content (AvgIpc) is 2.83. The molecule has 0 saturated carbocycles. The Hall–Kier alpha value is -1.85. The maximum Gasteiger partial charge on any atom is 0.326 e. The van der Waals surface area contributed by atoms with Gasteiger partial charge >= 0.3 is 5.97 Å². The lowest BCUT2D eigenvalue weighted by Crippen LogP contribution is -2.40. The third-order valence-corrected chi connectivity index (χ3v) is 3.04. The van der Waals surface area contributed by atoms with Gasteiger partial charge in [0.2, 0.25) is 0 Å². The lowest BCUT2D eigenvalue weighted by Gasteiger charge is -2.20. The summed E-state index contributed by atoms with van der Waals surface area (Å²) < 4.78 is 1.56. The number of carbonyl (C=O) groups is 2. The molecule has 6 heteroatoms. The zero-order valence-corrected chi connectivity index (χ0v) is 9.88. The van der Waals surface area contributed by atoms with Gasteiger partial charge in [0.05, 0.1) is 11.3 Å². The van der Waals surface area contributed by atoms with Crippen molar-refractivity contribution in [1.82, 2.24) is 14.7 Å². The largest absolute Gasteiger partial charge is 0.480 e. The van der Waals surface area contributed by atoms with E-state index in [1.165, 1.54) is 4.90 Å². The van der Waals surface area contributed by atoms with Gasteiger partial charge in [0.25, 0.3) is 5.91 Å². The second-order valence-electron chi connectivity index (χ2n) is 4.30. The van der Waals surface area contributed by atoms with E-state index >= 15 is 0 Å². The highest BCUT2D eigenvalue weighted by Gasteiger charge is 2.35. The van der Waals surface area contributed by atoms with E-state index in [4.69, 9.17) is 5.11 Å². The van der Waals surface area contributed by atoms with Gasteiger partial charge in [-0.3, -0.25) is 9.48 Å². The third kappa shape index (κ3) is 2.02. The van der Waals surface area contributed by atoms with Gasteiger partial charge in [0.1, 0.15) is 6.04 Å². The highest BCUT2D eigenvalue weighted by molar-refractivity contribution is 5.97. The molecule has 1 amide bonds. The summed E-state index contributed by atoms with van der Waals surface area (Å²) in [4.78, 5) is 24.7. The van der Waals surface area contributed by atoms with E-state index in [0.29, 0.717) is 24.2 Å². The number of likely N-dealkylation sites (tertiary alicyclic amines) is 1. The summed E-state index contributed by atoms with van der Waals surface area (Å²) in [7, 11) is 1.74. The van der Waals surface area contributed by atoms with E-state index < -0.39 is 12.0 Å². The molecule has 0 spiro atoms. The van der Waals surface area contributed by atoms with Crippen molar-refractivity contribution in [2.45, 2.75) is 25.8 Å². The first kappa shape index (κ1) is 11.6. The normalized spacial score (nSPS) is 19.6. The van der Waals surface area contributed by atoms with Crippen LogP contribution in [0.15, 0.2) is 6.20 Å². The van der Waals surface area contributed by atoms with Crippen LogP contribution in [0.1, 0.15) is 28.9 Å². The summed E-state index contributed by atoms with van der Waals surface area (Å²) in [5.74, 6) is -1.17. The fourth-order valence-corrected chi connectivity index (χ4v) is 2.23. The van der Waals surface area contributed by atoms with Gasteiger partial charge in [-0.1, -0.05) is 0 Å². The van der Waals surface area contributed by atoms with Crippen molar-refractivity contribution in [3.63, 3.8) is 0 Å². The van der Waals surface area contributed by atoms with Crippen LogP contribution >= 0.6 is 0 Å². The number of hydrogen-bond donors (Lipinski definition) is 1. The Labute approximate surface area is 98.8 Å². The van der Waals surface area contributed by atoms with Gasteiger partial charge in [-0.05, 0) is 19.8 Å². The van der Waals surface area contributed by atoms with Crippen LogP contribution in [-0.2, 0) is 11.8 Å². The topological polar surface area (TPSA) is 75.4 Å². The van der Waals surface area contributed by atoms with E-state index in [1.54, 1.807) is 24.9 Å². The second-order valence-corrected chi connectivity index (χ2v) is 4.30. The first-order valence-corrected chi connectivity index (χ1v) is 5.54. The number of aryl methyl sites for hydroxylation is 2. The van der Waals surface area contributed by atoms with Gasteiger partial charge in [-0.15, -0.1) is 0 Å². The molecule has 1 aromatic rings. The van der Waals surface area contributed by atoms with Crippen molar-refractivity contribution in [3.8, 4) is 0 Å². The predicted molar refractivity (Wildman–Crippen MR) is 59.6 cm³/mol. The minimum atomic E-state index is -0.933. The van der Waals surface area contributed by atoms with Crippen molar-refractivity contribution in [1.29, 1.82) is 0 Å². The minimum Gasteiger partial charge on any atom is -0.480 e. The first-order valence-electron chi connectivity index (χ1n) is 5.54. The Balaban J connectivity index is 2.25. The molecule has 1 aromatic heterocycles. The summed E-state index contributed by atoms with van der Waals surface area (Å²) in [6.45, 7) is 2.25. The van der Waals surface area contributed by atoms with E-state index in [-0.39, 0.29) is 5.91 Å². The van der Waals surface area contributed by atoms with Crippen molar-refractivity contribution in [2.24, 2.45) is 7.05 Å². The molecule has 0 radical (unpaired) electrons. The Morgan fingerprint density at radius 3 is 2.76 bits per heavy atom. The second kappa shape index (κ2) is 4.20. The minimum absolute atomic E-state index is 0.236. The van der Waals surface area contributed by atoms with Crippen molar-refractivity contribution in [3.05, 3.63) is 17.5 Å². The smallest absolute Gasteiger partial charge is 0.326 e. The van der Waals surface area contributed by atoms with Crippen LogP contribution in [0.25, 0.3) is 0 Å². The van der Waals surface area contributed by atoms with Gasteiger partial charge < -0.3 is 10.0 Å². The molecule has 0 unspecified atom stereocenters. The van der Waals surface area contributed by atoms with E-state index in [2.05, 4.69) is 5.10 Å². The van der Waals surface area contributed by atoms with E-state index in [0.717, 1.165) is 6.42 Å². The number of hydrogen-bond acceptors (Lipinski definition) is 3. The number of aliphatic carboxylic acids is 1. The summed E-state index contributed by atoms with van der Waals surface area (Å²) in [5, 5.41) is 13.1. The summed E-state index contributed by atoms with van der Waals surface area (Å²) >= 11 is 0. The molecule has 0 bridgehead atoms. The van der Waals surface area contributed by atoms with Crippen LogP contribution in [0.2, 0.25) is 0 Å². The van der Waals surface area contributed by atoms with Crippen molar-refractivity contribution < 1.29 is 14.7 Å². The fraction of sp³-hybridized carbons (Fsp3) is 0.545. The molecule has 0 aromatic carbocycles. The maximum absolute atomic E-state index is 12.2. The first-order chi connectivity index (χ1) is 8.00. The van der Waals surface area contributed by atoms with Gasteiger partial charge in [0, 0.05) is 19.8 Å². The summed E-state index contributed by atoms with van der Waals surface area (Å²) in [5.41, 5.74) is 1.12. The number of rotatable bonds is 2. The Morgan fingerprint density at radius 2 is 2.24 bits per heavy atom. The molecule has 1 saturated heterocycles. The van der Waals surface area contributed by atoms with Crippen LogP contribution in [0.5, 0.6) is 0 Å². The fourth-order valence-electron chi connectivity index (χ4n) is 2.23. The van der Waals surface area contributed by atoms with Crippen LogP contribution in [0.4, 0.5) is 0 Å². The van der Waals surface area contributed by atoms with Crippen molar-refractivity contribution >= 4 is 11.9 Å². The van der Waals surface area contributed by atoms with Gasteiger partial charge in [-0.25, -0.2) is 4.79 Å². The molecular weight excluding hydrogens is 222 g/mol. The predicted octanol–water partition coefficient (Wildman–Crippen LogP) is 0.418. The zero-order valence-electron chi connectivity index (χ0n) is 9.88. The quantitative estimate of drug-likeness (QED) is 0.808. The highest BCUT2D eigenvalue weighted by atomic mass is 16.4. The lowest BCUT2D eigenvalue weighted by atomic mass is 10.2. The van der Waals surface area contributed by atoms with Gasteiger partial charge in [-0.2, -0.15) is 5.10 Å². The molecule has 2 rings (SSSR count). The molecular formula is C11H15N3O3. The molecule has 0 aliphatic carbocycles. The van der Waals surface area contributed by atoms with Gasteiger partial charge in [0.15, 0.2) is 0 Å². The van der Waals surface area contributed by atoms with Crippen LogP contribution < -0.4 is 0 Å². The third-order valence-electron chi connectivity index (χ3n) is 3.04. The lowest BCUT2D eigenvalue weighted by molar-refractivity contribution is -0.141. The van der Waals surface area contributed by atoms with Crippen LogP contribution in [0, 0.1) is 6.92 Å².